The highest BCUT2D eigenvalue weighted by atomic mass is 35.5. The first-order valence-electron chi connectivity index (χ1n) is 9.51. The van der Waals surface area contributed by atoms with Crippen LogP contribution >= 0.6 is 23.8 Å². The lowest BCUT2D eigenvalue weighted by atomic mass is 9.81. The fourth-order valence-corrected chi connectivity index (χ4v) is 5.05. The number of nitro groups is 1. The largest absolute Gasteiger partial charge is 0.332 e. The Labute approximate surface area is 182 Å². The molecule has 3 rings (SSSR count). The Morgan fingerprint density at radius 1 is 1.10 bits per heavy atom. The van der Waals surface area contributed by atoms with E-state index in [9.17, 15) is 10.1 Å². The highest BCUT2D eigenvalue weighted by Crippen LogP contribution is 2.54. The van der Waals surface area contributed by atoms with Crippen molar-refractivity contribution in [1.29, 1.82) is 0 Å². The molecular weight excluding hydrogens is 406 g/mol. The molecule has 1 aliphatic rings. The summed E-state index contributed by atoms with van der Waals surface area (Å²) in [5.74, 6) is 0. The third-order valence-corrected chi connectivity index (χ3v) is 6.40. The van der Waals surface area contributed by atoms with Crippen molar-refractivity contribution in [3.63, 3.8) is 0 Å². The summed E-state index contributed by atoms with van der Waals surface area (Å²) >= 11 is 11.7. The maximum Gasteiger partial charge on any atom is 0.278 e. The zero-order valence-corrected chi connectivity index (χ0v) is 19.1. The number of rotatable bonds is 3. The first-order chi connectivity index (χ1) is 13.3. The van der Waals surface area contributed by atoms with Gasteiger partial charge in [-0.15, -0.1) is 0 Å². The predicted molar refractivity (Wildman–Crippen MR) is 125 cm³/mol. The molecule has 29 heavy (non-hydrogen) atoms. The molecular formula is C22H26ClN3O2S. The molecule has 0 atom stereocenters. The van der Waals surface area contributed by atoms with Crippen molar-refractivity contribution in [2.45, 2.75) is 58.8 Å². The highest BCUT2D eigenvalue weighted by molar-refractivity contribution is 7.80. The first kappa shape index (κ1) is 21.5. The van der Waals surface area contributed by atoms with Gasteiger partial charge in [-0.1, -0.05) is 45.4 Å². The summed E-state index contributed by atoms with van der Waals surface area (Å²) in [6.07, 6.45) is 0.851. The number of nitro benzene ring substituents is 1. The molecule has 2 aromatic rings. The first-order valence-corrected chi connectivity index (χ1v) is 10.3. The highest BCUT2D eigenvalue weighted by Gasteiger charge is 2.47. The fourth-order valence-electron chi connectivity index (χ4n) is 4.65. The fraction of sp³-hybridized carbons (Fsp3) is 0.409. The van der Waals surface area contributed by atoms with Gasteiger partial charge < -0.3 is 10.6 Å². The van der Waals surface area contributed by atoms with Gasteiger partial charge in [-0.25, -0.2) is 0 Å². The third-order valence-electron chi connectivity index (χ3n) is 5.79. The van der Waals surface area contributed by atoms with Gasteiger partial charge in [0, 0.05) is 16.3 Å². The predicted octanol–water partition coefficient (Wildman–Crippen LogP) is 6.63. The summed E-state index contributed by atoms with van der Waals surface area (Å²) in [5, 5.41) is 19.3. The van der Waals surface area contributed by atoms with E-state index in [-0.39, 0.29) is 21.4 Å². The molecule has 154 valence electrons. The minimum Gasteiger partial charge on any atom is -0.332 e. The molecule has 0 amide bonds. The van der Waals surface area contributed by atoms with Crippen molar-refractivity contribution in [3.8, 4) is 0 Å². The van der Waals surface area contributed by atoms with E-state index in [1.807, 2.05) is 31.2 Å². The average Bonchev–Trinajstić information content (AvgIpc) is 2.76. The molecule has 0 saturated heterocycles. The smallest absolute Gasteiger partial charge is 0.278 e. The van der Waals surface area contributed by atoms with Crippen LogP contribution < -0.4 is 10.6 Å². The maximum atomic E-state index is 12.0. The van der Waals surface area contributed by atoms with Gasteiger partial charge in [-0.3, -0.25) is 10.1 Å². The number of thiocarbonyl (C=S) groups is 1. The topological polar surface area (TPSA) is 67.2 Å². The molecule has 0 fully saturated rings. The second-order valence-corrected chi connectivity index (χ2v) is 9.83. The van der Waals surface area contributed by atoms with E-state index in [1.165, 1.54) is 0 Å². The Bertz CT molecular complexity index is 1030. The Balaban J connectivity index is 2.03. The Morgan fingerprint density at radius 2 is 1.72 bits per heavy atom. The number of benzene rings is 2. The summed E-state index contributed by atoms with van der Waals surface area (Å²) in [7, 11) is 0. The van der Waals surface area contributed by atoms with Crippen molar-refractivity contribution < 1.29 is 4.92 Å². The van der Waals surface area contributed by atoms with E-state index >= 15 is 0 Å². The van der Waals surface area contributed by atoms with E-state index in [4.69, 9.17) is 23.8 Å². The number of hydrogen-bond acceptors (Lipinski definition) is 3. The van der Waals surface area contributed by atoms with Gasteiger partial charge in [0.1, 0.15) is 0 Å². The lowest BCUT2D eigenvalue weighted by Gasteiger charge is -2.22. The molecule has 1 aliphatic carbocycles. The number of fused-ring (bicyclic) bond motifs is 1. The van der Waals surface area contributed by atoms with Gasteiger partial charge >= 0.3 is 0 Å². The van der Waals surface area contributed by atoms with E-state index in [0.29, 0.717) is 21.4 Å². The lowest BCUT2D eigenvalue weighted by molar-refractivity contribution is -0.386. The molecule has 5 nitrogen and oxygen atoms in total. The molecule has 7 heteroatoms. The second-order valence-electron chi connectivity index (χ2n) is 9.01. The van der Waals surface area contributed by atoms with Gasteiger partial charge in [0.05, 0.1) is 16.2 Å². The average molecular weight is 432 g/mol. The Kier molecular flexibility index (Phi) is 5.39. The van der Waals surface area contributed by atoms with E-state index in [2.05, 4.69) is 38.3 Å². The molecule has 0 aliphatic heterocycles. The van der Waals surface area contributed by atoms with Crippen LogP contribution in [0.2, 0.25) is 5.02 Å². The SMILES string of the molecule is Cc1c(Cl)cccc1NC(=S)Nc1cc2c(c([N+](=O)[O-])c1C)C(C)(C)CC2(C)C. The molecule has 0 aromatic heterocycles. The summed E-state index contributed by atoms with van der Waals surface area (Å²) < 4.78 is 0. The van der Waals surface area contributed by atoms with Crippen LogP contribution in [0.4, 0.5) is 17.1 Å². The van der Waals surface area contributed by atoms with E-state index in [0.717, 1.165) is 28.8 Å². The van der Waals surface area contributed by atoms with Crippen LogP contribution in [-0.4, -0.2) is 10.0 Å². The molecule has 2 N–H and O–H groups in total. The third kappa shape index (κ3) is 3.83. The minimum absolute atomic E-state index is 0.160. The standard InChI is InChI=1S/C22H26ClN3O2S/c1-12-15(23)8-7-9-16(12)24-20(29)25-17-10-14-18(19(13(17)2)26(27)28)22(5,6)11-21(14,3)4/h7-10H,11H2,1-6H3,(H2,24,25,29). The quantitative estimate of drug-likeness (QED) is 0.324. The van der Waals surface area contributed by atoms with E-state index in [1.54, 1.807) is 6.92 Å². The van der Waals surface area contributed by atoms with Crippen molar-refractivity contribution in [2.24, 2.45) is 0 Å². The maximum absolute atomic E-state index is 12.0. The lowest BCUT2D eigenvalue weighted by Crippen LogP contribution is -2.21. The van der Waals surface area contributed by atoms with Crippen LogP contribution in [0.15, 0.2) is 24.3 Å². The van der Waals surface area contributed by atoms with Gasteiger partial charge in [-0.2, -0.15) is 0 Å². The van der Waals surface area contributed by atoms with Crippen molar-refractivity contribution >= 4 is 46.0 Å². The number of anilines is 2. The summed E-state index contributed by atoms with van der Waals surface area (Å²) in [6, 6.07) is 7.57. The molecule has 0 unspecified atom stereocenters. The number of hydrogen-bond donors (Lipinski definition) is 2. The molecule has 0 heterocycles. The molecule has 2 aromatic carbocycles. The molecule has 0 spiro atoms. The number of nitrogens with zero attached hydrogens (tertiary/aromatic N) is 1. The van der Waals surface area contributed by atoms with Crippen LogP contribution in [0.1, 0.15) is 56.4 Å². The van der Waals surface area contributed by atoms with Gasteiger partial charge in [0.25, 0.3) is 5.69 Å². The molecule has 0 bridgehead atoms. The second kappa shape index (κ2) is 7.26. The normalized spacial score (nSPS) is 16.2. The van der Waals surface area contributed by atoms with Crippen LogP contribution in [0.25, 0.3) is 0 Å². The Hall–Kier alpha value is -2.18. The van der Waals surface area contributed by atoms with Crippen LogP contribution in [0.3, 0.4) is 0 Å². The van der Waals surface area contributed by atoms with Crippen molar-refractivity contribution in [2.75, 3.05) is 10.6 Å². The van der Waals surface area contributed by atoms with Crippen LogP contribution in [0, 0.1) is 24.0 Å². The van der Waals surface area contributed by atoms with Gasteiger partial charge in [-0.05, 0) is 72.6 Å². The molecule has 0 saturated carbocycles. The van der Waals surface area contributed by atoms with Gasteiger partial charge in [0.2, 0.25) is 0 Å². The summed E-state index contributed by atoms with van der Waals surface area (Å²) in [4.78, 5) is 11.7. The summed E-state index contributed by atoms with van der Waals surface area (Å²) in [5.41, 5.74) is 4.52. The summed E-state index contributed by atoms with van der Waals surface area (Å²) in [6.45, 7) is 12.1. The molecule has 0 radical (unpaired) electrons. The van der Waals surface area contributed by atoms with E-state index < -0.39 is 0 Å². The van der Waals surface area contributed by atoms with Gasteiger partial charge in [0.15, 0.2) is 5.11 Å². The van der Waals surface area contributed by atoms with Crippen molar-refractivity contribution in [3.05, 3.63) is 61.7 Å². The zero-order chi connectivity index (χ0) is 21.7. The Morgan fingerprint density at radius 3 is 2.34 bits per heavy atom. The monoisotopic (exact) mass is 431 g/mol. The zero-order valence-electron chi connectivity index (χ0n) is 17.6. The number of nitrogens with one attached hydrogen (secondary N) is 2. The van der Waals surface area contributed by atoms with Crippen LogP contribution in [0.5, 0.6) is 0 Å². The number of halogens is 1. The van der Waals surface area contributed by atoms with Crippen molar-refractivity contribution in [1.82, 2.24) is 0 Å². The van der Waals surface area contributed by atoms with Crippen LogP contribution in [-0.2, 0) is 10.8 Å². The minimum atomic E-state index is -0.264.